The predicted octanol–water partition coefficient (Wildman–Crippen LogP) is 2.37. The molecule has 0 heterocycles. The van der Waals surface area contributed by atoms with E-state index in [0.29, 0.717) is 0 Å². The van der Waals surface area contributed by atoms with Crippen LogP contribution < -0.4 is 5.46 Å². The SMILES string of the molecule is CC(C)C(C)(C)O[B]c1cc(F)c(O)c(F)c1. The molecule has 0 aliphatic heterocycles. The smallest absolute Gasteiger partial charge is 0.330 e. The molecule has 5 heteroatoms. The van der Waals surface area contributed by atoms with E-state index >= 15 is 0 Å². The zero-order chi connectivity index (χ0) is 13.2. The number of halogens is 2. The third-order valence-electron chi connectivity index (χ3n) is 2.93. The number of phenols is 1. The van der Waals surface area contributed by atoms with Gasteiger partial charge in [0.2, 0.25) is 0 Å². The van der Waals surface area contributed by atoms with E-state index in [1.54, 1.807) is 0 Å². The van der Waals surface area contributed by atoms with Crippen LogP contribution in [-0.2, 0) is 4.65 Å². The van der Waals surface area contributed by atoms with Crippen LogP contribution >= 0.6 is 0 Å². The van der Waals surface area contributed by atoms with Crippen LogP contribution in [0.5, 0.6) is 5.75 Å². The van der Waals surface area contributed by atoms with E-state index in [-0.39, 0.29) is 11.4 Å². The fourth-order valence-corrected chi connectivity index (χ4v) is 1.01. The van der Waals surface area contributed by atoms with Crippen LogP contribution in [0.15, 0.2) is 12.1 Å². The van der Waals surface area contributed by atoms with E-state index in [0.717, 1.165) is 12.1 Å². The minimum Gasteiger partial charge on any atom is -0.503 e. The predicted molar refractivity (Wildman–Crippen MR) is 63.4 cm³/mol. The van der Waals surface area contributed by atoms with Crippen molar-refractivity contribution in [1.82, 2.24) is 0 Å². The standard InChI is InChI=1S/C12H16BF2O2/c1-7(2)12(3,4)17-13-8-5-9(14)11(16)10(15)6-8/h5-7,16H,1-4H3. The summed E-state index contributed by atoms with van der Waals surface area (Å²) in [5.74, 6) is -2.71. The van der Waals surface area contributed by atoms with Crippen LogP contribution in [0.25, 0.3) is 0 Å². The van der Waals surface area contributed by atoms with Crippen molar-refractivity contribution in [3.8, 4) is 5.75 Å². The van der Waals surface area contributed by atoms with Gasteiger partial charge in [-0.05, 0) is 37.4 Å². The van der Waals surface area contributed by atoms with Crippen molar-refractivity contribution in [3.05, 3.63) is 23.8 Å². The third kappa shape index (κ3) is 3.43. The van der Waals surface area contributed by atoms with Gasteiger partial charge in [-0.3, -0.25) is 0 Å². The Morgan fingerprint density at radius 2 is 1.71 bits per heavy atom. The Hall–Kier alpha value is -1.10. The van der Waals surface area contributed by atoms with Gasteiger partial charge in [0, 0.05) is 5.60 Å². The lowest BCUT2D eigenvalue weighted by molar-refractivity contribution is 0.0668. The highest BCUT2D eigenvalue weighted by Crippen LogP contribution is 2.20. The van der Waals surface area contributed by atoms with E-state index in [1.807, 2.05) is 27.7 Å². The van der Waals surface area contributed by atoms with Crippen molar-refractivity contribution in [2.45, 2.75) is 33.3 Å². The molecule has 1 N–H and O–H groups in total. The zero-order valence-corrected chi connectivity index (χ0v) is 10.4. The molecule has 93 valence electrons. The zero-order valence-electron chi connectivity index (χ0n) is 10.4. The minimum atomic E-state index is -0.998. The van der Waals surface area contributed by atoms with Crippen molar-refractivity contribution >= 4 is 12.9 Å². The lowest BCUT2D eigenvalue weighted by Crippen LogP contribution is -2.36. The summed E-state index contributed by atoms with van der Waals surface area (Å²) in [5, 5.41) is 8.94. The molecular formula is C12H16BF2O2. The summed E-state index contributed by atoms with van der Waals surface area (Å²) in [6.07, 6.45) is 0. The second-order valence-corrected chi connectivity index (χ2v) is 4.83. The summed E-state index contributed by atoms with van der Waals surface area (Å²) < 4.78 is 31.6. The summed E-state index contributed by atoms with van der Waals surface area (Å²) in [5.41, 5.74) is -0.184. The summed E-state index contributed by atoms with van der Waals surface area (Å²) in [6.45, 7) is 7.76. The Morgan fingerprint density at radius 3 is 2.12 bits per heavy atom. The van der Waals surface area contributed by atoms with Gasteiger partial charge in [0.1, 0.15) is 0 Å². The minimum absolute atomic E-state index is 0.242. The molecule has 0 amide bonds. The first-order valence-electron chi connectivity index (χ1n) is 5.43. The maximum Gasteiger partial charge on any atom is 0.330 e. The molecule has 0 saturated carbocycles. The number of hydrogen-bond donors (Lipinski definition) is 1. The van der Waals surface area contributed by atoms with E-state index in [9.17, 15) is 8.78 Å². The van der Waals surface area contributed by atoms with E-state index < -0.39 is 23.0 Å². The van der Waals surface area contributed by atoms with Gasteiger partial charge < -0.3 is 9.76 Å². The topological polar surface area (TPSA) is 29.5 Å². The van der Waals surface area contributed by atoms with Crippen LogP contribution in [-0.4, -0.2) is 18.2 Å². The monoisotopic (exact) mass is 241 g/mol. The van der Waals surface area contributed by atoms with Crippen molar-refractivity contribution in [2.75, 3.05) is 0 Å². The Balaban J connectivity index is 2.77. The highest BCUT2D eigenvalue weighted by atomic mass is 19.1. The number of phenolic OH excluding ortho intramolecular Hbond substituents is 1. The highest BCUT2D eigenvalue weighted by Gasteiger charge is 2.23. The molecule has 2 nitrogen and oxygen atoms in total. The van der Waals surface area contributed by atoms with Crippen LogP contribution in [0.1, 0.15) is 27.7 Å². The average Bonchev–Trinajstić information content (AvgIpc) is 2.22. The quantitative estimate of drug-likeness (QED) is 0.820. The maximum absolute atomic E-state index is 13.1. The molecule has 1 radical (unpaired) electrons. The van der Waals surface area contributed by atoms with Gasteiger partial charge in [-0.15, -0.1) is 0 Å². The normalized spacial score (nSPS) is 11.9. The Kier molecular flexibility index (Phi) is 4.14. The van der Waals surface area contributed by atoms with E-state index in [1.165, 1.54) is 7.48 Å². The molecule has 1 rings (SSSR count). The van der Waals surface area contributed by atoms with E-state index in [4.69, 9.17) is 9.76 Å². The summed E-state index contributed by atoms with van der Waals surface area (Å²) >= 11 is 0. The van der Waals surface area contributed by atoms with E-state index in [2.05, 4.69) is 0 Å². The van der Waals surface area contributed by atoms with Crippen LogP contribution in [0.4, 0.5) is 8.78 Å². The molecule has 0 aliphatic rings. The second-order valence-electron chi connectivity index (χ2n) is 4.83. The Morgan fingerprint density at radius 1 is 1.24 bits per heavy atom. The summed E-state index contributed by atoms with van der Waals surface area (Å²) in [6, 6.07) is 2.05. The number of benzene rings is 1. The van der Waals surface area contributed by atoms with Gasteiger partial charge in [0.25, 0.3) is 0 Å². The molecule has 0 atom stereocenters. The highest BCUT2D eigenvalue weighted by molar-refractivity contribution is 6.47. The van der Waals surface area contributed by atoms with Crippen LogP contribution in [0.3, 0.4) is 0 Å². The molecule has 1 aromatic rings. The van der Waals surface area contributed by atoms with Gasteiger partial charge in [-0.25, -0.2) is 8.78 Å². The molecule has 17 heavy (non-hydrogen) atoms. The lowest BCUT2D eigenvalue weighted by atomic mass is 9.84. The number of rotatable bonds is 4. The van der Waals surface area contributed by atoms with Crippen LogP contribution in [0.2, 0.25) is 0 Å². The number of hydrogen-bond acceptors (Lipinski definition) is 2. The fraction of sp³-hybridized carbons (Fsp3) is 0.500. The number of aromatic hydroxyl groups is 1. The first-order valence-corrected chi connectivity index (χ1v) is 5.43. The van der Waals surface area contributed by atoms with Gasteiger partial charge >= 0.3 is 7.48 Å². The van der Waals surface area contributed by atoms with Crippen molar-refractivity contribution in [3.63, 3.8) is 0 Å². The van der Waals surface area contributed by atoms with Gasteiger partial charge in [0.15, 0.2) is 17.4 Å². The largest absolute Gasteiger partial charge is 0.503 e. The average molecular weight is 241 g/mol. The summed E-state index contributed by atoms with van der Waals surface area (Å²) in [4.78, 5) is 0. The molecule has 0 fully saturated rings. The van der Waals surface area contributed by atoms with Crippen molar-refractivity contribution in [1.29, 1.82) is 0 Å². The Bertz CT molecular complexity index is 382. The molecule has 0 bridgehead atoms. The van der Waals surface area contributed by atoms with Crippen molar-refractivity contribution in [2.24, 2.45) is 5.92 Å². The first-order chi connectivity index (χ1) is 7.74. The molecular weight excluding hydrogens is 225 g/mol. The van der Waals surface area contributed by atoms with Gasteiger partial charge in [0.05, 0.1) is 0 Å². The second kappa shape index (κ2) is 5.04. The molecule has 0 unspecified atom stereocenters. The molecule has 0 aliphatic carbocycles. The fourth-order valence-electron chi connectivity index (χ4n) is 1.01. The maximum atomic E-state index is 13.1. The van der Waals surface area contributed by atoms with Gasteiger partial charge in [-0.1, -0.05) is 13.8 Å². The summed E-state index contributed by atoms with van der Waals surface area (Å²) in [7, 11) is 1.30. The molecule has 1 aromatic carbocycles. The van der Waals surface area contributed by atoms with Gasteiger partial charge in [-0.2, -0.15) is 0 Å². The first kappa shape index (κ1) is 14.0. The molecule has 0 aromatic heterocycles. The van der Waals surface area contributed by atoms with Crippen molar-refractivity contribution < 1.29 is 18.5 Å². The lowest BCUT2D eigenvalue weighted by Gasteiger charge is -2.30. The molecule has 0 spiro atoms. The third-order valence-corrected chi connectivity index (χ3v) is 2.93. The Labute approximate surface area is 101 Å². The molecule has 0 saturated heterocycles. The van der Waals surface area contributed by atoms with Crippen LogP contribution in [0, 0.1) is 17.6 Å².